The lowest BCUT2D eigenvalue weighted by Gasteiger charge is -2.03. The minimum absolute atomic E-state index is 1.30. The summed E-state index contributed by atoms with van der Waals surface area (Å²) in [6, 6.07) is 0. The van der Waals surface area contributed by atoms with Crippen molar-refractivity contribution in [3.05, 3.63) is 24.3 Å². The summed E-state index contributed by atoms with van der Waals surface area (Å²) in [5.41, 5.74) is 0. The van der Waals surface area contributed by atoms with E-state index < -0.39 is 0 Å². The van der Waals surface area contributed by atoms with E-state index in [0.29, 0.717) is 0 Å². The minimum Gasteiger partial charge on any atom is -0.0885 e. The van der Waals surface area contributed by atoms with Crippen LogP contribution in [0.5, 0.6) is 0 Å². The van der Waals surface area contributed by atoms with Crippen molar-refractivity contribution in [1.82, 2.24) is 0 Å². The predicted octanol–water partition coefficient (Wildman–Crippen LogP) is 14.2. The average Bonchev–Trinajstić information content (AvgIpc) is 2.91. The smallest absolute Gasteiger partial charge is 0.0351 e. The zero-order chi connectivity index (χ0) is 26.7. The van der Waals surface area contributed by atoms with Crippen LogP contribution in [-0.2, 0) is 0 Å². The Morgan fingerprint density at radius 3 is 0.568 bits per heavy atom. The van der Waals surface area contributed by atoms with Gasteiger partial charge in [-0.1, -0.05) is 186 Å². The Bertz CT molecular complexity index is 431. The third-order valence-electron chi connectivity index (χ3n) is 8.02. The van der Waals surface area contributed by atoms with Crippen LogP contribution in [0.3, 0.4) is 0 Å². The van der Waals surface area contributed by atoms with Gasteiger partial charge in [0.05, 0.1) is 0 Å². The summed E-state index contributed by atoms with van der Waals surface area (Å²) in [4.78, 5) is 0. The highest BCUT2D eigenvalue weighted by atomic mass is 14.0. The second-order valence-electron chi connectivity index (χ2n) is 11.9. The van der Waals surface area contributed by atoms with Gasteiger partial charge in [0.15, 0.2) is 0 Å². The van der Waals surface area contributed by atoms with Gasteiger partial charge in [-0.3, -0.25) is 0 Å². The molecule has 0 unspecified atom stereocenters. The number of allylic oxidation sites excluding steroid dienone is 4. The van der Waals surface area contributed by atoms with Crippen LogP contribution in [0.25, 0.3) is 0 Å². The van der Waals surface area contributed by atoms with E-state index in [1.54, 1.807) is 0 Å². The van der Waals surface area contributed by atoms with Crippen molar-refractivity contribution in [2.45, 2.75) is 213 Å². The first-order chi connectivity index (χ1) is 18.4. The standard InChI is InChI=1S/C37H72/c1-3-5-7-9-11-13-15-17-19-21-23-25-27-29-31-33-35-37-36-34-32-30-28-26-24-22-20-18-16-14-12-10-8-6-4-2/h17,19,36-37H,3-16,18,20-35H2,1-2H3/b19-17-,37-36-. The lowest BCUT2D eigenvalue weighted by atomic mass is 10.0. The summed E-state index contributed by atoms with van der Waals surface area (Å²) in [6.45, 7) is 4.60. The lowest BCUT2D eigenvalue weighted by molar-refractivity contribution is 0.533. The van der Waals surface area contributed by atoms with E-state index in [2.05, 4.69) is 38.2 Å². The molecule has 0 fully saturated rings. The van der Waals surface area contributed by atoms with Crippen molar-refractivity contribution in [3.63, 3.8) is 0 Å². The molecule has 0 heteroatoms. The van der Waals surface area contributed by atoms with Gasteiger partial charge in [0.25, 0.3) is 0 Å². The molecule has 0 bridgehead atoms. The molecule has 0 heterocycles. The highest BCUT2D eigenvalue weighted by Gasteiger charge is 1.95. The first kappa shape index (κ1) is 36.5. The van der Waals surface area contributed by atoms with Gasteiger partial charge in [-0.2, -0.15) is 0 Å². The van der Waals surface area contributed by atoms with E-state index in [1.165, 1.54) is 199 Å². The molecule has 0 spiro atoms. The van der Waals surface area contributed by atoms with Gasteiger partial charge in [0, 0.05) is 0 Å². The molecule has 0 aliphatic rings. The normalized spacial score (nSPS) is 11.9. The van der Waals surface area contributed by atoms with Crippen molar-refractivity contribution in [2.24, 2.45) is 0 Å². The number of hydrogen-bond donors (Lipinski definition) is 0. The predicted molar refractivity (Wildman–Crippen MR) is 173 cm³/mol. The van der Waals surface area contributed by atoms with E-state index in [9.17, 15) is 0 Å². The molecule has 0 aliphatic carbocycles. The van der Waals surface area contributed by atoms with E-state index in [-0.39, 0.29) is 0 Å². The maximum Gasteiger partial charge on any atom is -0.0351 e. The van der Waals surface area contributed by atoms with Crippen molar-refractivity contribution in [3.8, 4) is 0 Å². The van der Waals surface area contributed by atoms with Crippen molar-refractivity contribution < 1.29 is 0 Å². The molecule has 0 radical (unpaired) electrons. The van der Waals surface area contributed by atoms with E-state index in [4.69, 9.17) is 0 Å². The van der Waals surface area contributed by atoms with E-state index in [0.717, 1.165) is 0 Å². The van der Waals surface area contributed by atoms with E-state index >= 15 is 0 Å². The molecular formula is C37H72. The molecule has 0 rings (SSSR count). The second-order valence-corrected chi connectivity index (χ2v) is 11.9. The molecule has 0 amide bonds. The summed E-state index contributed by atoms with van der Waals surface area (Å²) < 4.78 is 0. The molecule has 0 saturated carbocycles. The van der Waals surface area contributed by atoms with Crippen LogP contribution in [0.2, 0.25) is 0 Å². The molecule has 0 aromatic heterocycles. The van der Waals surface area contributed by atoms with Gasteiger partial charge >= 0.3 is 0 Å². The van der Waals surface area contributed by atoms with Crippen LogP contribution in [0.4, 0.5) is 0 Å². The SMILES string of the molecule is CCCCCCCC/C=C\CCCCCCCC/C=C\CCCCCCCCCCCCCCCCC. The van der Waals surface area contributed by atoms with Crippen LogP contribution < -0.4 is 0 Å². The highest BCUT2D eigenvalue weighted by molar-refractivity contribution is 4.82. The number of rotatable bonds is 32. The molecular weight excluding hydrogens is 444 g/mol. The minimum atomic E-state index is 1.30. The van der Waals surface area contributed by atoms with Crippen molar-refractivity contribution in [1.29, 1.82) is 0 Å². The maximum atomic E-state index is 2.46. The summed E-state index contributed by atoms with van der Waals surface area (Å²) >= 11 is 0. The Balaban J connectivity index is 3.12. The molecule has 0 aliphatic heterocycles. The molecule has 0 aromatic rings. The molecule has 37 heavy (non-hydrogen) atoms. The lowest BCUT2D eigenvalue weighted by Crippen LogP contribution is -1.83. The zero-order valence-electron chi connectivity index (χ0n) is 26.2. The van der Waals surface area contributed by atoms with Crippen LogP contribution >= 0.6 is 0 Å². The van der Waals surface area contributed by atoms with E-state index in [1.807, 2.05) is 0 Å². The third kappa shape index (κ3) is 35.5. The first-order valence-electron chi connectivity index (χ1n) is 17.7. The Kier molecular flexibility index (Phi) is 35.0. The average molecular weight is 517 g/mol. The Labute approximate surface area is 236 Å². The Hall–Kier alpha value is -0.520. The number of unbranched alkanes of at least 4 members (excludes halogenated alkanes) is 28. The van der Waals surface area contributed by atoms with Gasteiger partial charge < -0.3 is 0 Å². The quantitative estimate of drug-likeness (QED) is 0.0616. The fourth-order valence-corrected chi connectivity index (χ4v) is 5.38. The topological polar surface area (TPSA) is 0 Å². The summed E-state index contributed by atoms with van der Waals surface area (Å²) in [5, 5.41) is 0. The van der Waals surface area contributed by atoms with Gasteiger partial charge in [-0.25, -0.2) is 0 Å². The highest BCUT2D eigenvalue weighted by Crippen LogP contribution is 2.14. The third-order valence-corrected chi connectivity index (χ3v) is 8.02. The molecule has 0 N–H and O–H groups in total. The fraction of sp³-hybridized carbons (Fsp3) is 0.892. The molecule has 0 atom stereocenters. The summed E-state index contributed by atoms with van der Waals surface area (Å²) in [7, 11) is 0. The van der Waals surface area contributed by atoms with Crippen LogP contribution in [0, 0.1) is 0 Å². The Morgan fingerprint density at radius 2 is 0.378 bits per heavy atom. The molecule has 0 aromatic carbocycles. The van der Waals surface area contributed by atoms with Gasteiger partial charge in [0.2, 0.25) is 0 Å². The van der Waals surface area contributed by atoms with Gasteiger partial charge in [0.1, 0.15) is 0 Å². The van der Waals surface area contributed by atoms with Crippen molar-refractivity contribution in [2.75, 3.05) is 0 Å². The van der Waals surface area contributed by atoms with Gasteiger partial charge in [-0.05, 0) is 51.4 Å². The largest absolute Gasteiger partial charge is 0.0885 e. The maximum absolute atomic E-state index is 2.46. The second kappa shape index (κ2) is 35.5. The molecule has 0 saturated heterocycles. The summed E-state index contributed by atoms with van der Waals surface area (Å²) in [5.74, 6) is 0. The zero-order valence-corrected chi connectivity index (χ0v) is 26.2. The fourth-order valence-electron chi connectivity index (χ4n) is 5.38. The Morgan fingerprint density at radius 1 is 0.216 bits per heavy atom. The van der Waals surface area contributed by atoms with Gasteiger partial charge in [-0.15, -0.1) is 0 Å². The number of hydrogen-bond acceptors (Lipinski definition) is 0. The van der Waals surface area contributed by atoms with Crippen LogP contribution in [0.1, 0.15) is 213 Å². The first-order valence-corrected chi connectivity index (χ1v) is 17.7. The molecule has 220 valence electrons. The monoisotopic (exact) mass is 517 g/mol. The molecule has 0 nitrogen and oxygen atoms in total. The van der Waals surface area contributed by atoms with Crippen LogP contribution in [0.15, 0.2) is 24.3 Å². The van der Waals surface area contributed by atoms with Crippen LogP contribution in [-0.4, -0.2) is 0 Å². The van der Waals surface area contributed by atoms with Crippen molar-refractivity contribution >= 4 is 0 Å². The summed E-state index contributed by atoms with van der Waals surface area (Å²) in [6.07, 6.45) is 53.9.